The van der Waals surface area contributed by atoms with Crippen LogP contribution in [0.1, 0.15) is 24.1 Å². The molecular formula is C19H21F3N2O4. The van der Waals surface area contributed by atoms with Gasteiger partial charge in [0, 0.05) is 19.4 Å². The highest BCUT2D eigenvalue weighted by Crippen LogP contribution is 2.39. The second-order valence-electron chi connectivity index (χ2n) is 5.99. The topological polar surface area (TPSA) is 67.9 Å². The van der Waals surface area contributed by atoms with E-state index >= 15 is 0 Å². The number of esters is 1. The maximum absolute atomic E-state index is 13.5. The van der Waals surface area contributed by atoms with E-state index in [-0.39, 0.29) is 36.6 Å². The molecule has 0 unspecified atom stereocenters. The van der Waals surface area contributed by atoms with Crippen LogP contribution >= 0.6 is 0 Å². The Balaban J connectivity index is 2.57. The first-order valence-electron chi connectivity index (χ1n) is 8.44. The molecule has 0 fully saturated rings. The number of benzene rings is 1. The minimum atomic E-state index is -4.65. The molecule has 1 atom stereocenters. The fourth-order valence-electron chi connectivity index (χ4n) is 2.93. The zero-order valence-electron chi connectivity index (χ0n) is 15.5. The molecule has 1 aromatic carbocycles. The molecule has 0 radical (unpaired) electrons. The van der Waals surface area contributed by atoms with E-state index in [4.69, 9.17) is 9.47 Å². The van der Waals surface area contributed by atoms with Gasteiger partial charge in [-0.2, -0.15) is 13.2 Å². The molecule has 0 aliphatic carbocycles. The standard InChI is InChI=1S/C19H21F3N2O4/c1-4-9-24-12(2)15(17(25)28-11-10-27-3)16(23-18(24)26)13-7-5-6-8-14(13)19(20,21)22/h4-8,16H,1,9-11H2,2-3H3,(H,23,26)/t16-/m0/s1. The number of ether oxygens (including phenoxy) is 2. The summed E-state index contributed by atoms with van der Waals surface area (Å²) in [5.41, 5.74) is -1.05. The number of amides is 2. The second kappa shape index (κ2) is 8.92. The Hall–Kier alpha value is -2.81. The van der Waals surface area contributed by atoms with Crippen molar-refractivity contribution < 1.29 is 32.2 Å². The lowest BCUT2D eigenvalue weighted by Crippen LogP contribution is -2.48. The maximum Gasteiger partial charge on any atom is 0.416 e. The van der Waals surface area contributed by atoms with Crippen LogP contribution in [0.25, 0.3) is 0 Å². The molecule has 9 heteroatoms. The Kier molecular flexibility index (Phi) is 6.85. The number of carbonyl (C=O) groups excluding carboxylic acids is 2. The minimum Gasteiger partial charge on any atom is -0.460 e. The van der Waals surface area contributed by atoms with E-state index in [0.717, 1.165) is 6.07 Å². The average Bonchev–Trinajstić information content (AvgIpc) is 2.64. The predicted molar refractivity (Wildman–Crippen MR) is 95.2 cm³/mol. The monoisotopic (exact) mass is 398 g/mol. The molecule has 0 saturated carbocycles. The highest BCUT2D eigenvalue weighted by molar-refractivity contribution is 5.95. The molecule has 152 valence electrons. The Morgan fingerprint density at radius 2 is 2.00 bits per heavy atom. The van der Waals surface area contributed by atoms with Crippen LogP contribution in [0.4, 0.5) is 18.0 Å². The summed E-state index contributed by atoms with van der Waals surface area (Å²) in [4.78, 5) is 26.3. The summed E-state index contributed by atoms with van der Waals surface area (Å²) in [7, 11) is 1.42. The van der Waals surface area contributed by atoms with Gasteiger partial charge in [-0.25, -0.2) is 9.59 Å². The van der Waals surface area contributed by atoms with Crippen LogP contribution in [-0.2, 0) is 20.4 Å². The lowest BCUT2D eigenvalue weighted by molar-refractivity contribution is -0.142. The first-order chi connectivity index (χ1) is 13.2. The van der Waals surface area contributed by atoms with Crippen LogP contribution in [-0.4, -0.2) is 43.8 Å². The molecule has 1 aromatic rings. The lowest BCUT2D eigenvalue weighted by atomic mass is 9.91. The first-order valence-corrected chi connectivity index (χ1v) is 8.44. The summed E-state index contributed by atoms with van der Waals surface area (Å²) >= 11 is 0. The molecule has 0 aromatic heterocycles. The van der Waals surface area contributed by atoms with E-state index in [1.54, 1.807) is 0 Å². The van der Waals surface area contributed by atoms with E-state index in [9.17, 15) is 22.8 Å². The largest absolute Gasteiger partial charge is 0.460 e. The predicted octanol–water partition coefficient (Wildman–Crippen LogP) is 3.42. The Labute approximate surface area is 160 Å². The number of halogens is 3. The van der Waals surface area contributed by atoms with Gasteiger partial charge in [0.05, 0.1) is 23.8 Å². The molecule has 0 bridgehead atoms. The maximum atomic E-state index is 13.5. The van der Waals surface area contributed by atoms with Gasteiger partial charge in [0.15, 0.2) is 0 Å². The van der Waals surface area contributed by atoms with Gasteiger partial charge < -0.3 is 14.8 Å². The van der Waals surface area contributed by atoms with Gasteiger partial charge in [-0.1, -0.05) is 24.3 Å². The number of urea groups is 1. The van der Waals surface area contributed by atoms with Gasteiger partial charge in [-0.15, -0.1) is 6.58 Å². The van der Waals surface area contributed by atoms with Gasteiger partial charge in [-0.05, 0) is 18.6 Å². The number of rotatable bonds is 7. The SMILES string of the molecule is C=CCN1C(=O)N[C@@H](c2ccccc2C(F)(F)F)C(C(=O)OCCOC)=C1C. The van der Waals surface area contributed by atoms with Gasteiger partial charge in [0.1, 0.15) is 6.61 Å². The Bertz CT molecular complexity index is 790. The van der Waals surface area contributed by atoms with Crippen LogP contribution < -0.4 is 5.32 Å². The van der Waals surface area contributed by atoms with Crippen molar-refractivity contribution in [2.75, 3.05) is 26.9 Å². The van der Waals surface area contributed by atoms with Crippen LogP contribution in [0.5, 0.6) is 0 Å². The number of hydrogen-bond acceptors (Lipinski definition) is 4. The Morgan fingerprint density at radius 3 is 2.61 bits per heavy atom. The summed E-state index contributed by atoms with van der Waals surface area (Å²) in [5, 5.41) is 2.48. The third-order valence-corrected chi connectivity index (χ3v) is 4.23. The van der Waals surface area contributed by atoms with Crippen molar-refractivity contribution in [2.24, 2.45) is 0 Å². The molecule has 2 amide bonds. The molecule has 1 aliphatic rings. The average molecular weight is 398 g/mol. The van der Waals surface area contributed by atoms with E-state index in [1.807, 2.05) is 0 Å². The molecule has 6 nitrogen and oxygen atoms in total. The fourth-order valence-corrected chi connectivity index (χ4v) is 2.93. The van der Waals surface area contributed by atoms with Crippen molar-refractivity contribution in [3.05, 3.63) is 59.3 Å². The first kappa shape index (κ1) is 21.5. The lowest BCUT2D eigenvalue weighted by Gasteiger charge is -2.35. The van der Waals surface area contributed by atoms with Crippen LogP contribution in [0.15, 0.2) is 48.2 Å². The molecule has 0 spiro atoms. The van der Waals surface area contributed by atoms with E-state index in [2.05, 4.69) is 11.9 Å². The highest BCUT2D eigenvalue weighted by atomic mass is 19.4. The number of nitrogens with zero attached hydrogens (tertiary/aromatic N) is 1. The summed E-state index contributed by atoms with van der Waals surface area (Å²) < 4.78 is 50.4. The summed E-state index contributed by atoms with van der Waals surface area (Å²) in [5.74, 6) is -0.828. The second-order valence-corrected chi connectivity index (χ2v) is 5.99. The quantitative estimate of drug-likeness (QED) is 0.434. The summed E-state index contributed by atoms with van der Waals surface area (Å²) in [6.45, 7) is 5.18. The van der Waals surface area contributed by atoms with Gasteiger partial charge >= 0.3 is 18.2 Å². The van der Waals surface area contributed by atoms with E-state index in [1.165, 1.54) is 43.2 Å². The van der Waals surface area contributed by atoms with Crippen LogP contribution in [0, 0.1) is 0 Å². The number of methoxy groups -OCH3 is 1. The minimum absolute atomic E-state index is 0.0743. The highest BCUT2D eigenvalue weighted by Gasteiger charge is 2.41. The third-order valence-electron chi connectivity index (χ3n) is 4.23. The van der Waals surface area contributed by atoms with E-state index < -0.39 is 29.8 Å². The van der Waals surface area contributed by atoms with Gasteiger partial charge in [0.25, 0.3) is 0 Å². The van der Waals surface area contributed by atoms with Crippen LogP contribution in [0.3, 0.4) is 0 Å². The zero-order chi connectivity index (χ0) is 20.9. The van der Waals surface area contributed by atoms with Gasteiger partial charge in [0.2, 0.25) is 0 Å². The molecule has 1 N–H and O–H groups in total. The third kappa shape index (κ3) is 4.53. The number of allylic oxidation sites excluding steroid dienone is 1. The fraction of sp³-hybridized carbons (Fsp3) is 0.368. The van der Waals surface area contributed by atoms with Crippen molar-refractivity contribution in [2.45, 2.75) is 19.1 Å². The number of alkyl halides is 3. The van der Waals surface area contributed by atoms with E-state index in [0.29, 0.717) is 0 Å². The Morgan fingerprint density at radius 1 is 1.32 bits per heavy atom. The van der Waals surface area contributed by atoms with Crippen LogP contribution in [0.2, 0.25) is 0 Å². The van der Waals surface area contributed by atoms with Crippen molar-refractivity contribution in [1.29, 1.82) is 0 Å². The van der Waals surface area contributed by atoms with Crippen molar-refractivity contribution >= 4 is 12.0 Å². The molecule has 28 heavy (non-hydrogen) atoms. The van der Waals surface area contributed by atoms with Crippen molar-refractivity contribution in [3.8, 4) is 0 Å². The summed E-state index contributed by atoms with van der Waals surface area (Å²) in [6, 6.07) is 2.85. The number of hydrogen-bond donors (Lipinski definition) is 1. The smallest absolute Gasteiger partial charge is 0.416 e. The molecule has 1 heterocycles. The number of nitrogens with one attached hydrogen (secondary N) is 1. The van der Waals surface area contributed by atoms with Crippen molar-refractivity contribution in [1.82, 2.24) is 10.2 Å². The summed E-state index contributed by atoms with van der Waals surface area (Å²) in [6.07, 6.45) is -3.21. The van der Waals surface area contributed by atoms with Gasteiger partial charge in [-0.3, -0.25) is 4.90 Å². The van der Waals surface area contributed by atoms with Crippen molar-refractivity contribution in [3.63, 3.8) is 0 Å². The molecule has 0 saturated heterocycles. The molecule has 1 aliphatic heterocycles. The zero-order valence-corrected chi connectivity index (χ0v) is 15.5. The number of carbonyl (C=O) groups is 2. The normalized spacial score (nSPS) is 17.4. The molecular weight excluding hydrogens is 377 g/mol. The molecule has 2 rings (SSSR count).